The molecule has 0 aliphatic heterocycles. The van der Waals surface area contributed by atoms with Crippen LogP contribution in [0.15, 0.2) is 61.1 Å². The van der Waals surface area contributed by atoms with Crippen LogP contribution < -0.4 is 4.74 Å². The SMILES string of the molecule is Cc1cc(Cn2cc3c(C(=O)Oc4ccccc4)nccc3n2)cnc1CCC(F)(F)F. The lowest BCUT2D eigenvalue weighted by Gasteiger charge is -2.09. The maximum absolute atomic E-state index is 12.6. The number of halogens is 3. The van der Waals surface area contributed by atoms with Crippen LogP contribution in [0, 0.1) is 6.92 Å². The van der Waals surface area contributed by atoms with Crippen molar-refractivity contribution in [2.45, 2.75) is 32.5 Å². The zero-order valence-corrected chi connectivity index (χ0v) is 17.1. The normalized spacial score (nSPS) is 11.6. The topological polar surface area (TPSA) is 69.9 Å². The summed E-state index contributed by atoms with van der Waals surface area (Å²) in [7, 11) is 0. The van der Waals surface area contributed by atoms with Crippen LogP contribution in [0.25, 0.3) is 10.9 Å². The molecule has 4 rings (SSSR count). The van der Waals surface area contributed by atoms with Gasteiger partial charge in [-0.05, 0) is 42.7 Å². The number of nitrogens with zero attached hydrogens (tertiary/aromatic N) is 4. The highest BCUT2D eigenvalue weighted by molar-refractivity contribution is 6.02. The van der Waals surface area contributed by atoms with Gasteiger partial charge in [0.15, 0.2) is 5.69 Å². The number of alkyl halides is 3. The molecule has 0 fully saturated rings. The van der Waals surface area contributed by atoms with Crippen LogP contribution in [0.1, 0.15) is 33.7 Å². The molecule has 0 radical (unpaired) electrons. The number of fused-ring (bicyclic) bond motifs is 1. The minimum atomic E-state index is -4.21. The van der Waals surface area contributed by atoms with E-state index in [-0.39, 0.29) is 12.1 Å². The fourth-order valence-electron chi connectivity index (χ4n) is 3.34. The number of carbonyl (C=O) groups excluding carboxylic acids is 1. The summed E-state index contributed by atoms with van der Waals surface area (Å²) in [5, 5.41) is 5.01. The predicted molar refractivity (Wildman–Crippen MR) is 111 cm³/mol. The van der Waals surface area contributed by atoms with Crippen LogP contribution in [0.2, 0.25) is 0 Å². The number of aryl methyl sites for hydroxylation is 2. The lowest BCUT2D eigenvalue weighted by Crippen LogP contribution is -2.10. The lowest BCUT2D eigenvalue weighted by atomic mass is 10.1. The third-order valence-electron chi connectivity index (χ3n) is 4.86. The van der Waals surface area contributed by atoms with E-state index in [0.717, 1.165) is 5.56 Å². The van der Waals surface area contributed by atoms with Gasteiger partial charge in [-0.1, -0.05) is 24.3 Å². The molecule has 4 aromatic rings. The third-order valence-corrected chi connectivity index (χ3v) is 4.86. The Hall–Kier alpha value is -3.75. The van der Waals surface area contributed by atoms with Crippen molar-refractivity contribution in [3.05, 3.63) is 83.6 Å². The first-order valence-corrected chi connectivity index (χ1v) is 9.89. The van der Waals surface area contributed by atoms with E-state index in [1.54, 1.807) is 60.4 Å². The predicted octanol–water partition coefficient (Wildman–Crippen LogP) is 4.90. The van der Waals surface area contributed by atoms with Gasteiger partial charge >= 0.3 is 12.1 Å². The number of ether oxygens (including phenoxy) is 1. The molecular formula is C23H19F3N4O2. The van der Waals surface area contributed by atoms with Gasteiger partial charge in [-0.15, -0.1) is 0 Å². The largest absolute Gasteiger partial charge is 0.422 e. The van der Waals surface area contributed by atoms with Crippen molar-refractivity contribution in [3.8, 4) is 5.75 Å². The molecule has 32 heavy (non-hydrogen) atoms. The molecule has 0 saturated heterocycles. The smallest absolute Gasteiger partial charge is 0.389 e. The van der Waals surface area contributed by atoms with Gasteiger partial charge in [0, 0.05) is 30.7 Å². The second-order valence-corrected chi connectivity index (χ2v) is 7.34. The molecule has 0 bridgehead atoms. The molecule has 1 aromatic carbocycles. The summed E-state index contributed by atoms with van der Waals surface area (Å²) in [6.07, 6.45) is -0.540. The van der Waals surface area contributed by atoms with Crippen LogP contribution in [0.3, 0.4) is 0 Å². The molecule has 0 aliphatic carbocycles. The maximum atomic E-state index is 12.6. The number of aromatic nitrogens is 4. The summed E-state index contributed by atoms with van der Waals surface area (Å²) < 4.78 is 44.4. The number of hydrogen-bond acceptors (Lipinski definition) is 5. The van der Waals surface area contributed by atoms with Crippen LogP contribution in [-0.2, 0) is 13.0 Å². The van der Waals surface area contributed by atoms with Gasteiger partial charge in [0.25, 0.3) is 0 Å². The van der Waals surface area contributed by atoms with E-state index in [9.17, 15) is 18.0 Å². The van der Waals surface area contributed by atoms with Gasteiger partial charge in [0.2, 0.25) is 0 Å². The van der Waals surface area contributed by atoms with Crippen molar-refractivity contribution < 1.29 is 22.7 Å². The molecule has 3 aromatic heterocycles. The molecule has 0 N–H and O–H groups in total. The molecule has 0 aliphatic rings. The summed E-state index contributed by atoms with van der Waals surface area (Å²) in [6, 6.07) is 12.2. The summed E-state index contributed by atoms with van der Waals surface area (Å²) in [5.41, 5.74) is 2.62. The molecule has 0 unspecified atom stereocenters. The fourth-order valence-corrected chi connectivity index (χ4v) is 3.34. The molecular weight excluding hydrogens is 421 g/mol. The first-order chi connectivity index (χ1) is 15.3. The molecule has 0 amide bonds. The van der Waals surface area contributed by atoms with Gasteiger partial charge < -0.3 is 4.74 Å². The molecule has 0 spiro atoms. The molecule has 9 heteroatoms. The van der Waals surface area contributed by atoms with E-state index in [4.69, 9.17) is 4.74 Å². The van der Waals surface area contributed by atoms with Crippen molar-refractivity contribution in [1.82, 2.24) is 19.7 Å². The first kappa shape index (κ1) is 21.5. The second-order valence-electron chi connectivity index (χ2n) is 7.34. The molecule has 0 saturated carbocycles. The van der Waals surface area contributed by atoms with E-state index in [0.29, 0.717) is 34.5 Å². The van der Waals surface area contributed by atoms with Gasteiger partial charge in [-0.2, -0.15) is 18.3 Å². The summed E-state index contributed by atoms with van der Waals surface area (Å²) in [5.74, 6) is -0.177. The summed E-state index contributed by atoms with van der Waals surface area (Å²) in [6.45, 7) is 2.08. The Morgan fingerprint density at radius 1 is 1.12 bits per heavy atom. The van der Waals surface area contributed by atoms with Crippen molar-refractivity contribution in [2.24, 2.45) is 0 Å². The Morgan fingerprint density at radius 2 is 1.91 bits per heavy atom. The van der Waals surface area contributed by atoms with Gasteiger partial charge in [-0.3, -0.25) is 9.67 Å². The van der Waals surface area contributed by atoms with Crippen molar-refractivity contribution in [3.63, 3.8) is 0 Å². The highest BCUT2D eigenvalue weighted by Crippen LogP contribution is 2.23. The van der Waals surface area contributed by atoms with Crippen molar-refractivity contribution in [1.29, 1.82) is 0 Å². The fraction of sp³-hybridized carbons (Fsp3) is 0.217. The first-order valence-electron chi connectivity index (χ1n) is 9.89. The second kappa shape index (κ2) is 8.78. The van der Waals surface area contributed by atoms with E-state index in [1.165, 1.54) is 6.20 Å². The zero-order chi connectivity index (χ0) is 22.7. The number of hydrogen-bond donors (Lipinski definition) is 0. The third kappa shape index (κ3) is 5.11. The quantitative estimate of drug-likeness (QED) is 0.315. The van der Waals surface area contributed by atoms with E-state index in [2.05, 4.69) is 15.1 Å². The van der Waals surface area contributed by atoms with Crippen LogP contribution in [0.5, 0.6) is 5.75 Å². The van der Waals surface area contributed by atoms with E-state index in [1.807, 2.05) is 6.07 Å². The van der Waals surface area contributed by atoms with E-state index < -0.39 is 18.6 Å². The number of para-hydroxylation sites is 1. The molecule has 0 atom stereocenters. The number of esters is 1. The van der Waals surface area contributed by atoms with Gasteiger partial charge in [0.1, 0.15) is 5.75 Å². The summed E-state index contributed by atoms with van der Waals surface area (Å²) >= 11 is 0. The standard InChI is InChI=1S/C23H19F3N4O2/c1-15-11-16(12-28-19(15)7-9-23(24,25)26)13-30-14-18-20(29-30)8-10-27-21(18)22(31)32-17-5-3-2-4-6-17/h2-6,8,10-12,14H,7,9,13H2,1H3. The number of rotatable bonds is 6. The highest BCUT2D eigenvalue weighted by atomic mass is 19.4. The van der Waals surface area contributed by atoms with Crippen molar-refractivity contribution in [2.75, 3.05) is 0 Å². The minimum Gasteiger partial charge on any atom is -0.422 e. The molecule has 164 valence electrons. The van der Waals surface area contributed by atoms with Crippen molar-refractivity contribution >= 4 is 16.9 Å². The monoisotopic (exact) mass is 440 g/mol. The Kier molecular flexibility index (Phi) is 5.89. The van der Waals surface area contributed by atoms with Crippen LogP contribution >= 0.6 is 0 Å². The van der Waals surface area contributed by atoms with E-state index >= 15 is 0 Å². The number of carbonyl (C=O) groups is 1. The Bertz CT molecular complexity index is 1250. The average molecular weight is 440 g/mol. The van der Waals surface area contributed by atoms with Crippen LogP contribution in [0.4, 0.5) is 13.2 Å². The van der Waals surface area contributed by atoms with Gasteiger partial charge in [0.05, 0.1) is 17.4 Å². The zero-order valence-electron chi connectivity index (χ0n) is 17.1. The Labute approximate surface area is 181 Å². The maximum Gasteiger partial charge on any atom is 0.389 e. The van der Waals surface area contributed by atoms with Gasteiger partial charge in [-0.25, -0.2) is 9.78 Å². The molecule has 3 heterocycles. The van der Waals surface area contributed by atoms with Crippen LogP contribution in [-0.4, -0.2) is 31.9 Å². The Balaban J connectivity index is 1.53. The highest BCUT2D eigenvalue weighted by Gasteiger charge is 2.27. The number of benzene rings is 1. The molecule has 6 nitrogen and oxygen atoms in total. The number of pyridine rings is 2. The average Bonchev–Trinajstić information content (AvgIpc) is 3.15. The Morgan fingerprint density at radius 3 is 2.62 bits per heavy atom. The summed E-state index contributed by atoms with van der Waals surface area (Å²) in [4.78, 5) is 21.0. The minimum absolute atomic E-state index is 0.148. The lowest BCUT2D eigenvalue weighted by molar-refractivity contribution is -0.134.